The molecule has 246 valence electrons. The lowest BCUT2D eigenvalue weighted by molar-refractivity contribution is 0.794. The first-order valence-corrected chi connectivity index (χ1v) is 19.2. The zero-order valence-corrected chi connectivity index (χ0v) is 29.6. The van der Waals surface area contributed by atoms with E-state index in [2.05, 4.69) is 193 Å². The summed E-state index contributed by atoms with van der Waals surface area (Å²) in [6, 6.07) is 70.2. The van der Waals surface area contributed by atoms with Gasteiger partial charge in [0.1, 0.15) is 0 Å². The van der Waals surface area contributed by atoms with Gasteiger partial charge in [-0.05, 0) is 79.4 Å². The molecule has 0 bridgehead atoms. The molecule has 1 heterocycles. The molecular formula is C51H31NS. The molecule has 1 spiro atoms. The second-order valence-electron chi connectivity index (χ2n) is 14.3. The van der Waals surface area contributed by atoms with Crippen LogP contribution in [0.15, 0.2) is 188 Å². The first-order valence-electron chi connectivity index (χ1n) is 18.4. The monoisotopic (exact) mass is 689 g/mol. The number of thiophene rings is 1. The zero-order chi connectivity index (χ0) is 34.7. The Hall–Kier alpha value is -6.48. The van der Waals surface area contributed by atoms with Crippen LogP contribution < -0.4 is 4.90 Å². The highest BCUT2D eigenvalue weighted by molar-refractivity contribution is 7.26. The molecule has 9 aromatic carbocycles. The number of rotatable bonds is 3. The molecule has 10 aromatic rings. The highest BCUT2D eigenvalue weighted by Gasteiger charge is 2.52. The zero-order valence-electron chi connectivity index (χ0n) is 28.8. The van der Waals surface area contributed by atoms with Gasteiger partial charge in [0, 0.05) is 26.4 Å². The van der Waals surface area contributed by atoms with E-state index in [0.29, 0.717) is 0 Å². The maximum atomic E-state index is 2.59. The predicted molar refractivity (Wildman–Crippen MR) is 225 cm³/mol. The molecule has 0 atom stereocenters. The van der Waals surface area contributed by atoms with Gasteiger partial charge in [-0.15, -0.1) is 11.3 Å². The second kappa shape index (κ2) is 10.8. The van der Waals surface area contributed by atoms with Gasteiger partial charge in [-0.25, -0.2) is 0 Å². The molecule has 53 heavy (non-hydrogen) atoms. The molecule has 1 nitrogen and oxygen atoms in total. The summed E-state index contributed by atoms with van der Waals surface area (Å²) in [5.41, 5.74) is 13.8. The molecule has 0 amide bonds. The second-order valence-corrected chi connectivity index (χ2v) is 15.4. The SMILES string of the molecule is c1ccc2c(c1)-c1ccccc1C21c2ccccc2-c2c(N(c3cccc4ccccc34)c3cc4ccccc4c4c3sc3ccccc34)cccc21. The molecule has 12 rings (SSSR count). The van der Waals surface area contributed by atoms with E-state index >= 15 is 0 Å². The first-order chi connectivity index (χ1) is 26.3. The Labute approximate surface area is 311 Å². The molecule has 2 aliphatic carbocycles. The van der Waals surface area contributed by atoms with Crippen molar-refractivity contribution in [2.45, 2.75) is 5.41 Å². The van der Waals surface area contributed by atoms with Crippen LogP contribution in [0, 0.1) is 0 Å². The van der Waals surface area contributed by atoms with Gasteiger partial charge < -0.3 is 4.90 Å². The number of hydrogen-bond donors (Lipinski definition) is 0. The van der Waals surface area contributed by atoms with E-state index in [1.807, 2.05) is 11.3 Å². The minimum atomic E-state index is -0.421. The number of fused-ring (bicyclic) bond motifs is 16. The molecule has 0 unspecified atom stereocenters. The Morgan fingerprint density at radius 2 is 0.906 bits per heavy atom. The lowest BCUT2D eigenvalue weighted by atomic mass is 9.70. The number of anilines is 3. The Bertz CT molecular complexity index is 3100. The van der Waals surface area contributed by atoms with E-state index in [1.54, 1.807) is 0 Å². The van der Waals surface area contributed by atoms with Crippen LogP contribution in [0.3, 0.4) is 0 Å². The van der Waals surface area contributed by atoms with Gasteiger partial charge in [0.15, 0.2) is 0 Å². The normalized spacial score (nSPS) is 13.4. The Morgan fingerprint density at radius 3 is 1.68 bits per heavy atom. The van der Waals surface area contributed by atoms with E-state index in [0.717, 1.165) is 0 Å². The summed E-state index contributed by atoms with van der Waals surface area (Å²) < 4.78 is 2.60. The maximum absolute atomic E-state index is 2.59. The molecule has 2 aliphatic rings. The van der Waals surface area contributed by atoms with Crippen molar-refractivity contribution in [3.8, 4) is 22.3 Å². The molecule has 0 aliphatic heterocycles. The standard InChI is InChI=1S/C51H31NS/c1-3-18-34-32(15-1)17-13-28-44(34)52(46-31-33-16-2-4-19-35(33)48-39-23-8-12-30-47(39)53-50(46)48)45-29-14-27-43-49(45)38-22-7-11-26-42(38)51(43)40-24-9-5-20-36(40)37-21-6-10-25-41(37)51/h1-31H. The molecular weight excluding hydrogens is 659 g/mol. The first kappa shape index (κ1) is 29.1. The van der Waals surface area contributed by atoms with Crippen LogP contribution in [0.5, 0.6) is 0 Å². The van der Waals surface area contributed by atoms with Gasteiger partial charge in [-0.1, -0.05) is 164 Å². The Balaban J connectivity index is 1.26. The average Bonchev–Trinajstić information content (AvgIpc) is 3.86. The third-order valence-electron chi connectivity index (χ3n) is 11.8. The predicted octanol–water partition coefficient (Wildman–Crippen LogP) is 14.2. The number of nitrogens with zero attached hydrogens (tertiary/aromatic N) is 1. The average molecular weight is 690 g/mol. The van der Waals surface area contributed by atoms with Crippen molar-refractivity contribution in [1.29, 1.82) is 0 Å². The van der Waals surface area contributed by atoms with Gasteiger partial charge >= 0.3 is 0 Å². The summed E-state index contributed by atoms with van der Waals surface area (Å²) >= 11 is 1.90. The summed E-state index contributed by atoms with van der Waals surface area (Å²) in [4.78, 5) is 2.59. The van der Waals surface area contributed by atoms with E-state index in [9.17, 15) is 0 Å². The fraction of sp³-hybridized carbons (Fsp3) is 0.0196. The van der Waals surface area contributed by atoms with Crippen LogP contribution in [0.1, 0.15) is 22.3 Å². The smallest absolute Gasteiger partial charge is 0.0726 e. The highest BCUT2D eigenvalue weighted by Crippen LogP contribution is 2.65. The van der Waals surface area contributed by atoms with Crippen LogP contribution >= 0.6 is 11.3 Å². The minimum Gasteiger partial charge on any atom is -0.308 e. The molecule has 0 radical (unpaired) electrons. The van der Waals surface area contributed by atoms with E-state index in [4.69, 9.17) is 0 Å². The molecule has 1 aromatic heterocycles. The fourth-order valence-corrected chi connectivity index (χ4v) is 11.0. The van der Waals surface area contributed by atoms with Crippen molar-refractivity contribution < 1.29 is 0 Å². The van der Waals surface area contributed by atoms with Crippen molar-refractivity contribution in [2.24, 2.45) is 0 Å². The fourth-order valence-electron chi connectivity index (χ4n) is 9.83. The number of benzene rings is 9. The van der Waals surface area contributed by atoms with Gasteiger partial charge in [0.25, 0.3) is 0 Å². The van der Waals surface area contributed by atoms with Gasteiger partial charge in [0.05, 0.1) is 27.2 Å². The lowest BCUT2D eigenvalue weighted by Crippen LogP contribution is -2.26. The quantitative estimate of drug-likeness (QED) is 0.178. The van der Waals surface area contributed by atoms with Crippen molar-refractivity contribution in [3.05, 3.63) is 210 Å². The number of hydrogen-bond acceptors (Lipinski definition) is 2. The Kier molecular flexibility index (Phi) is 5.92. The molecule has 0 fully saturated rings. The molecule has 0 N–H and O–H groups in total. The van der Waals surface area contributed by atoms with E-state index < -0.39 is 5.41 Å². The largest absolute Gasteiger partial charge is 0.308 e. The van der Waals surface area contributed by atoms with Gasteiger partial charge in [-0.3, -0.25) is 0 Å². The Morgan fingerprint density at radius 1 is 0.377 bits per heavy atom. The third kappa shape index (κ3) is 3.76. The van der Waals surface area contributed by atoms with Crippen molar-refractivity contribution in [1.82, 2.24) is 0 Å². The summed E-state index contributed by atoms with van der Waals surface area (Å²) in [6.45, 7) is 0. The van der Waals surface area contributed by atoms with Gasteiger partial charge in [-0.2, -0.15) is 0 Å². The van der Waals surface area contributed by atoms with E-state index in [-0.39, 0.29) is 0 Å². The van der Waals surface area contributed by atoms with Crippen LogP contribution in [0.2, 0.25) is 0 Å². The third-order valence-corrected chi connectivity index (χ3v) is 13.0. The lowest BCUT2D eigenvalue weighted by Gasteiger charge is -2.32. The van der Waals surface area contributed by atoms with Crippen LogP contribution in [0.25, 0.3) is 64.0 Å². The van der Waals surface area contributed by atoms with E-state index in [1.165, 1.54) is 103 Å². The molecule has 2 heteroatoms. The van der Waals surface area contributed by atoms with Crippen LogP contribution in [-0.2, 0) is 5.41 Å². The summed E-state index contributed by atoms with van der Waals surface area (Å²) in [7, 11) is 0. The van der Waals surface area contributed by atoms with Gasteiger partial charge in [0.2, 0.25) is 0 Å². The van der Waals surface area contributed by atoms with Crippen molar-refractivity contribution in [3.63, 3.8) is 0 Å². The van der Waals surface area contributed by atoms with Crippen LogP contribution in [0.4, 0.5) is 17.1 Å². The maximum Gasteiger partial charge on any atom is 0.0726 e. The summed E-state index contributed by atoms with van der Waals surface area (Å²) in [5, 5.41) is 7.63. The molecule has 0 saturated carbocycles. The highest BCUT2D eigenvalue weighted by atomic mass is 32.1. The van der Waals surface area contributed by atoms with Crippen LogP contribution in [-0.4, -0.2) is 0 Å². The topological polar surface area (TPSA) is 3.24 Å². The van der Waals surface area contributed by atoms with Crippen molar-refractivity contribution in [2.75, 3.05) is 4.90 Å². The minimum absolute atomic E-state index is 0.421. The van der Waals surface area contributed by atoms with Crippen molar-refractivity contribution >= 4 is 70.1 Å². The molecule has 0 saturated heterocycles. The summed E-state index contributed by atoms with van der Waals surface area (Å²) in [5.74, 6) is 0. The summed E-state index contributed by atoms with van der Waals surface area (Å²) in [6.07, 6.45) is 0.